The summed E-state index contributed by atoms with van der Waals surface area (Å²) in [5.74, 6) is 1.50. The average Bonchev–Trinajstić information content (AvgIpc) is 3.33. The molecule has 1 N–H and O–H groups in total. The first-order chi connectivity index (χ1) is 14.6. The molecular formula is C20H19N7OS2. The Morgan fingerprint density at radius 3 is 2.90 bits per heavy atom. The molecule has 4 aromatic rings. The third kappa shape index (κ3) is 3.92. The summed E-state index contributed by atoms with van der Waals surface area (Å²) < 4.78 is 1.74. The van der Waals surface area contributed by atoms with Crippen molar-refractivity contribution in [1.82, 2.24) is 29.8 Å². The summed E-state index contributed by atoms with van der Waals surface area (Å²) >= 11 is 2.94. The van der Waals surface area contributed by atoms with Crippen molar-refractivity contribution < 1.29 is 4.79 Å². The summed E-state index contributed by atoms with van der Waals surface area (Å²) in [6.07, 6.45) is 2.32. The molecule has 0 radical (unpaired) electrons. The van der Waals surface area contributed by atoms with Crippen molar-refractivity contribution in [1.29, 1.82) is 0 Å². The minimum absolute atomic E-state index is 0.180. The predicted molar refractivity (Wildman–Crippen MR) is 116 cm³/mol. The van der Waals surface area contributed by atoms with Gasteiger partial charge < -0.3 is 0 Å². The summed E-state index contributed by atoms with van der Waals surface area (Å²) in [6, 6.07) is 9.52. The molecule has 3 aromatic heterocycles. The first-order valence-corrected chi connectivity index (χ1v) is 11.4. The zero-order valence-electron chi connectivity index (χ0n) is 16.5. The van der Waals surface area contributed by atoms with Gasteiger partial charge in [-0.2, -0.15) is 4.98 Å². The third-order valence-electron chi connectivity index (χ3n) is 4.81. The Hall–Kier alpha value is -2.85. The highest BCUT2D eigenvalue weighted by molar-refractivity contribution is 7.98. The quantitative estimate of drug-likeness (QED) is 0.455. The first-order valence-electron chi connectivity index (χ1n) is 9.63. The molecule has 1 aliphatic rings. The number of carbonyl (C=O) groups excluding carboxylic acids is 1. The highest BCUT2D eigenvalue weighted by Crippen LogP contribution is 2.42. The van der Waals surface area contributed by atoms with E-state index in [0.29, 0.717) is 33.3 Å². The van der Waals surface area contributed by atoms with Gasteiger partial charge in [-0.25, -0.2) is 9.50 Å². The fourth-order valence-electron chi connectivity index (χ4n) is 3.16. The number of thioether (sulfide) groups is 1. The number of carbonyl (C=O) groups is 1. The van der Waals surface area contributed by atoms with Crippen LogP contribution in [0.15, 0.2) is 35.5 Å². The maximum Gasteiger partial charge on any atom is 0.257 e. The van der Waals surface area contributed by atoms with E-state index in [-0.39, 0.29) is 5.91 Å². The van der Waals surface area contributed by atoms with Crippen LogP contribution < -0.4 is 5.32 Å². The van der Waals surface area contributed by atoms with Gasteiger partial charge in [0.15, 0.2) is 0 Å². The standard InChI is InChI=1S/C20H19N7OS2/c1-11-9-12(2)27-18(21-11)23-20(26-27)29-10-14-5-3-4-6-15(14)16(28)22-19-25-24-17(30-19)13-7-8-13/h3-6,9,13H,7-8,10H2,1-2H3,(H,22,25,28). The summed E-state index contributed by atoms with van der Waals surface area (Å²) in [6.45, 7) is 3.92. The van der Waals surface area contributed by atoms with E-state index in [2.05, 4.69) is 30.6 Å². The van der Waals surface area contributed by atoms with Crippen LogP contribution in [0.2, 0.25) is 0 Å². The van der Waals surface area contributed by atoms with E-state index in [1.165, 1.54) is 23.1 Å². The van der Waals surface area contributed by atoms with Gasteiger partial charge in [-0.1, -0.05) is 41.3 Å². The number of hydrogen-bond donors (Lipinski definition) is 1. The molecule has 10 heteroatoms. The van der Waals surface area contributed by atoms with Crippen molar-refractivity contribution in [2.75, 3.05) is 5.32 Å². The minimum Gasteiger partial charge on any atom is -0.296 e. The normalized spacial score (nSPS) is 13.7. The van der Waals surface area contributed by atoms with Gasteiger partial charge in [0.25, 0.3) is 11.7 Å². The molecule has 0 atom stereocenters. The molecular weight excluding hydrogens is 418 g/mol. The van der Waals surface area contributed by atoms with Crippen molar-refractivity contribution in [2.45, 2.75) is 43.5 Å². The van der Waals surface area contributed by atoms with Crippen LogP contribution in [0.5, 0.6) is 0 Å². The van der Waals surface area contributed by atoms with Gasteiger partial charge in [0.1, 0.15) is 5.01 Å². The minimum atomic E-state index is -0.180. The van der Waals surface area contributed by atoms with E-state index in [4.69, 9.17) is 0 Å². The largest absolute Gasteiger partial charge is 0.296 e. The number of nitrogens with zero attached hydrogens (tertiary/aromatic N) is 6. The van der Waals surface area contributed by atoms with Gasteiger partial charge in [-0.15, -0.1) is 15.3 Å². The van der Waals surface area contributed by atoms with Crippen LogP contribution in [-0.2, 0) is 5.75 Å². The Balaban J connectivity index is 1.31. The highest BCUT2D eigenvalue weighted by atomic mass is 32.2. The van der Waals surface area contributed by atoms with Crippen LogP contribution in [0.1, 0.15) is 51.1 Å². The van der Waals surface area contributed by atoms with Gasteiger partial charge in [-0.3, -0.25) is 10.1 Å². The molecule has 1 fully saturated rings. The smallest absolute Gasteiger partial charge is 0.257 e. The molecule has 152 valence electrons. The van der Waals surface area contributed by atoms with E-state index in [1.807, 2.05) is 44.2 Å². The zero-order chi connectivity index (χ0) is 20.7. The molecule has 30 heavy (non-hydrogen) atoms. The zero-order valence-corrected chi connectivity index (χ0v) is 18.1. The van der Waals surface area contributed by atoms with Crippen molar-refractivity contribution in [3.05, 3.63) is 57.9 Å². The van der Waals surface area contributed by atoms with Gasteiger partial charge >= 0.3 is 0 Å². The molecule has 0 bridgehead atoms. The molecule has 8 nitrogen and oxygen atoms in total. The van der Waals surface area contributed by atoms with Crippen LogP contribution in [0, 0.1) is 13.8 Å². The second kappa shape index (κ2) is 7.77. The third-order valence-corrected chi connectivity index (χ3v) is 6.69. The topological polar surface area (TPSA) is 98.0 Å². The number of amides is 1. The highest BCUT2D eigenvalue weighted by Gasteiger charge is 2.28. The van der Waals surface area contributed by atoms with Gasteiger partial charge in [0.2, 0.25) is 10.3 Å². The summed E-state index contributed by atoms with van der Waals surface area (Å²) in [5.41, 5.74) is 3.42. The molecule has 0 aliphatic heterocycles. The Labute approximate surface area is 181 Å². The van der Waals surface area contributed by atoms with E-state index >= 15 is 0 Å². The van der Waals surface area contributed by atoms with Crippen LogP contribution in [-0.4, -0.2) is 35.7 Å². The number of aromatic nitrogens is 6. The molecule has 5 rings (SSSR count). The van der Waals surface area contributed by atoms with Crippen LogP contribution in [0.25, 0.3) is 5.78 Å². The van der Waals surface area contributed by atoms with Gasteiger partial charge in [0.05, 0.1) is 0 Å². The second-order valence-corrected chi connectivity index (χ2v) is 9.22. The summed E-state index contributed by atoms with van der Waals surface area (Å²) in [5, 5.41) is 17.9. The SMILES string of the molecule is Cc1cc(C)n2nc(SCc3ccccc3C(=O)Nc3nnc(C4CC4)s3)nc2n1. The molecule has 1 aliphatic carbocycles. The lowest BCUT2D eigenvalue weighted by atomic mass is 10.1. The molecule has 1 amide bonds. The number of nitrogens with one attached hydrogen (secondary N) is 1. The molecule has 0 saturated heterocycles. The van der Waals surface area contributed by atoms with Crippen molar-refractivity contribution in [3.63, 3.8) is 0 Å². The average molecular weight is 438 g/mol. The fourth-order valence-corrected chi connectivity index (χ4v) is 4.89. The second-order valence-electron chi connectivity index (χ2n) is 7.26. The number of benzene rings is 1. The lowest BCUT2D eigenvalue weighted by molar-refractivity contribution is 0.102. The lowest BCUT2D eigenvalue weighted by Gasteiger charge is -2.07. The van der Waals surface area contributed by atoms with Crippen molar-refractivity contribution >= 4 is 39.9 Å². The Bertz CT molecular complexity index is 1250. The van der Waals surface area contributed by atoms with E-state index < -0.39 is 0 Å². The van der Waals surface area contributed by atoms with Gasteiger partial charge in [-0.05, 0) is 44.4 Å². The molecule has 1 aromatic carbocycles. The van der Waals surface area contributed by atoms with E-state index in [0.717, 1.165) is 34.8 Å². The monoisotopic (exact) mass is 437 g/mol. The number of rotatable bonds is 6. The predicted octanol–water partition coefficient (Wildman–Crippen LogP) is 4.01. The van der Waals surface area contributed by atoms with Crippen LogP contribution in [0.3, 0.4) is 0 Å². The van der Waals surface area contributed by atoms with E-state index in [9.17, 15) is 4.79 Å². The van der Waals surface area contributed by atoms with Crippen LogP contribution in [0.4, 0.5) is 5.13 Å². The summed E-state index contributed by atoms with van der Waals surface area (Å²) in [7, 11) is 0. The first kappa shape index (κ1) is 19.1. The number of hydrogen-bond acceptors (Lipinski definition) is 8. The summed E-state index contributed by atoms with van der Waals surface area (Å²) in [4.78, 5) is 21.8. The molecule has 3 heterocycles. The Morgan fingerprint density at radius 2 is 2.07 bits per heavy atom. The van der Waals surface area contributed by atoms with Gasteiger partial charge in [0, 0.05) is 28.6 Å². The molecule has 1 saturated carbocycles. The maximum atomic E-state index is 12.8. The van der Waals surface area contributed by atoms with Crippen molar-refractivity contribution in [3.8, 4) is 0 Å². The van der Waals surface area contributed by atoms with E-state index in [1.54, 1.807) is 4.52 Å². The van der Waals surface area contributed by atoms with Crippen LogP contribution >= 0.6 is 23.1 Å². The van der Waals surface area contributed by atoms with Crippen molar-refractivity contribution in [2.24, 2.45) is 0 Å². The lowest BCUT2D eigenvalue weighted by Crippen LogP contribution is -2.13. The fraction of sp³-hybridized carbons (Fsp3) is 0.300. The number of aryl methyl sites for hydroxylation is 2. The Morgan fingerprint density at radius 1 is 1.23 bits per heavy atom. The number of anilines is 1. The number of fused-ring (bicyclic) bond motifs is 1. The molecule has 0 spiro atoms. The maximum absolute atomic E-state index is 12.8. The molecule has 0 unspecified atom stereocenters. The Kier molecular flexibility index (Phi) is 4.95.